The molecular formula is C11H14N6O. The van der Waals surface area contributed by atoms with E-state index < -0.39 is 0 Å². The maximum atomic E-state index is 11.6. The summed E-state index contributed by atoms with van der Waals surface area (Å²) >= 11 is 0. The summed E-state index contributed by atoms with van der Waals surface area (Å²) in [7, 11) is 0. The van der Waals surface area contributed by atoms with Crippen molar-refractivity contribution < 1.29 is 4.79 Å². The number of H-pyrrole nitrogens is 1. The minimum Gasteiger partial charge on any atom is -0.399 e. The number of aromatic nitrogens is 4. The first kappa shape index (κ1) is 12.0. The number of tetrazole rings is 1. The molecule has 1 aromatic heterocycles. The SMILES string of the molecule is Nc1cccc(CCC(=O)NCc2nn[nH]n2)c1. The van der Waals surface area contributed by atoms with Crippen molar-refractivity contribution in [2.75, 3.05) is 5.73 Å². The first-order valence-electron chi connectivity index (χ1n) is 5.57. The van der Waals surface area contributed by atoms with Crippen LogP contribution in [0.5, 0.6) is 0 Å². The van der Waals surface area contributed by atoms with Crippen molar-refractivity contribution in [3.05, 3.63) is 35.7 Å². The van der Waals surface area contributed by atoms with Gasteiger partial charge >= 0.3 is 0 Å². The molecule has 0 aliphatic heterocycles. The fourth-order valence-electron chi connectivity index (χ4n) is 1.53. The van der Waals surface area contributed by atoms with Crippen LogP contribution in [0, 0.1) is 0 Å². The summed E-state index contributed by atoms with van der Waals surface area (Å²) in [4.78, 5) is 11.6. The number of carbonyl (C=O) groups excluding carboxylic acids is 1. The number of aromatic amines is 1. The summed E-state index contributed by atoms with van der Waals surface area (Å²) in [6.45, 7) is 0.284. The van der Waals surface area contributed by atoms with Crippen LogP contribution in [0.25, 0.3) is 0 Å². The highest BCUT2D eigenvalue weighted by atomic mass is 16.1. The number of aryl methyl sites for hydroxylation is 1. The fourth-order valence-corrected chi connectivity index (χ4v) is 1.53. The maximum Gasteiger partial charge on any atom is 0.220 e. The smallest absolute Gasteiger partial charge is 0.220 e. The third kappa shape index (κ3) is 3.55. The average molecular weight is 246 g/mol. The van der Waals surface area contributed by atoms with Crippen molar-refractivity contribution in [3.63, 3.8) is 0 Å². The molecule has 0 aliphatic carbocycles. The molecule has 0 saturated carbocycles. The van der Waals surface area contributed by atoms with E-state index in [-0.39, 0.29) is 12.5 Å². The van der Waals surface area contributed by atoms with E-state index in [2.05, 4.69) is 25.9 Å². The second-order valence-electron chi connectivity index (χ2n) is 3.85. The second kappa shape index (κ2) is 5.76. The Kier molecular flexibility index (Phi) is 3.85. The summed E-state index contributed by atoms with van der Waals surface area (Å²) in [6.07, 6.45) is 1.06. The fraction of sp³-hybridized carbons (Fsp3) is 0.273. The summed E-state index contributed by atoms with van der Waals surface area (Å²) in [6, 6.07) is 7.51. The van der Waals surface area contributed by atoms with Gasteiger partial charge in [-0.05, 0) is 24.1 Å². The molecule has 0 unspecified atom stereocenters. The normalized spacial score (nSPS) is 10.2. The average Bonchev–Trinajstić information content (AvgIpc) is 2.87. The Morgan fingerprint density at radius 2 is 2.33 bits per heavy atom. The zero-order chi connectivity index (χ0) is 12.8. The summed E-state index contributed by atoms with van der Waals surface area (Å²) in [5.41, 5.74) is 7.41. The summed E-state index contributed by atoms with van der Waals surface area (Å²) in [5.74, 6) is 0.412. The number of hydrogen-bond donors (Lipinski definition) is 3. The van der Waals surface area contributed by atoms with Gasteiger partial charge in [0.2, 0.25) is 5.91 Å². The van der Waals surface area contributed by atoms with E-state index in [9.17, 15) is 4.79 Å². The van der Waals surface area contributed by atoms with Crippen LogP contribution in [-0.2, 0) is 17.8 Å². The molecule has 7 heteroatoms. The van der Waals surface area contributed by atoms with E-state index in [1.807, 2.05) is 24.3 Å². The van der Waals surface area contributed by atoms with Gasteiger partial charge in [0.25, 0.3) is 0 Å². The van der Waals surface area contributed by atoms with Gasteiger partial charge in [-0.3, -0.25) is 4.79 Å². The Bertz CT molecular complexity index is 510. The molecule has 4 N–H and O–H groups in total. The number of nitrogens with two attached hydrogens (primary N) is 1. The molecule has 1 amide bonds. The molecule has 0 bridgehead atoms. The monoisotopic (exact) mass is 246 g/mol. The number of nitrogens with zero attached hydrogens (tertiary/aromatic N) is 3. The molecule has 7 nitrogen and oxygen atoms in total. The lowest BCUT2D eigenvalue weighted by Gasteiger charge is -2.03. The predicted molar refractivity (Wildman–Crippen MR) is 65.2 cm³/mol. The van der Waals surface area contributed by atoms with E-state index in [1.54, 1.807) is 0 Å². The van der Waals surface area contributed by atoms with E-state index in [1.165, 1.54) is 0 Å². The minimum absolute atomic E-state index is 0.0535. The molecule has 1 heterocycles. The van der Waals surface area contributed by atoms with Gasteiger partial charge in [0.15, 0.2) is 5.82 Å². The Morgan fingerprint density at radius 1 is 1.44 bits per heavy atom. The number of amides is 1. The van der Waals surface area contributed by atoms with Gasteiger partial charge in [0.1, 0.15) is 0 Å². The molecule has 0 radical (unpaired) electrons. The number of nitrogens with one attached hydrogen (secondary N) is 2. The van der Waals surface area contributed by atoms with Crippen LogP contribution in [0.1, 0.15) is 17.8 Å². The number of nitrogen functional groups attached to an aromatic ring is 1. The number of benzene rings is 1. The van der Waals surface area contributed by atoms with Gasteiger partial charge in [0.05, 0.1) is 6.54 Å². The zero-order valence-electron chi connectivity index (χ0n) is 9.76. The molecule has 0 saturated heterocycles. The standard InChI is InChI=1S/C11H14N6O/c12-9-3-1-2-8(6-9)4-5-11(18)13-7-10-14-16-17-15-10/h1-3,6H,4-5,7,12H2,(H,13,18)(H,14,15,16,17). The van der Waals surface area contributed by atoms with Gasteiger partial charge < -0.3 is 11.1 Å². The predicted octanol–water partition coefficient (Wildman–Crippen LogP) is 0.0309. The number of hydrogen-bond acceptors (Lipinski definition) is 5. The second-order valence-corrected chi connectivity index (χ2v) is 3.85. The van der Waals surface area contributed by atoms with Crippen molar-refractivity contribution in [1.82, 2.24) is 25.9 Å². The van der Waals surface area contributed by atoms with E-state index in [0.717, 1.165) is 5.56 Å². The van der Waals surface area contributed by atoms with Crippen LogP contribution < -0.4 is 11.1 Å². The van der Waals surface area contributed by atoms with Crippen molar-refractivity contribution in [3.8, 4) is 0 Å². The van der Waals surface area contributed by atoms with Crippen molar-refractivity contribution in [2.45, 2.75) is 19.4 Å². The van der Waals surface area contributed by atoms with Crippen LogP contribution in [0.15, 0.2) is 24.3 Å². The van der Waals surface area contributed by atoms with Crippen molar-refractivity contribution in [2.24, 2.45) is 0 Å². The van der Waals surface area contributed by atoms with Crippen LogP contribution >= 0.6 is 0 Å². The third-order valence-corrected chi connectivity index (χ3v) is 2.42. The molecule has 94 valence electrons. The quantitative estimate of drug-likeness (QED) is 0.645. The molecule has 0 fully saturated rings. The number of carbonyl (C=O) groups is 1. The van der Waals surface area contributed by atoms with E-state index in [0.29, 0.717) is 24.4 Å². The van der Waals surface area contributed by atoms with Gasteiger partial charge in [0, 0.05) is 12.1 Å². The lowest BCUT2D eigenvalue weighted by molar-refractivity contribution is -0.121. The van der Waals surface area contributed by atoms with Crippen LogP contribution in [0.3, 0.4) is 0 Å². The highest BCUT2D eigenvalue weighted by Crippen LogP contribution is 2.08. The van der Waals surface area contributed by atoms with Gasteiger partial charge in [-0.25, -0.2) is 0 Å². The molecule has 0 atom stereocenters. The van der Waals surface area contributed by atoms with E-state index >= 15 is 0 Å². The maximum absolute atomic E-state index is 11.6. The van der Waals surface area contributed by atoms with Crippen LogP contribution in [0.4, 0.5) is 5.69 Å². The molecule has 2 aromatic rings. The Balaban J connectivity index is 1.75. The Morgan fingerprint density at radius 3 is 3.06 bits per heavy atom. The third-order valence-electron chi connectivity index (χ3n) is 2.42. The lowest BCUT2D eigenvalue weighted by atomic mass is 10.1. The number of anilines is 1. The molecule has 0 aliphatic rings. The molecule has 1 aromatic carbocycles. The van der Waals surface area contributed by atoms with Crippen LogP contribution in [-0.4, -0.2) is 26.5 Å². The minimum atomic E-state index is -0.0535. The Labute approximate surface area is 104 Å². The molecular weight excluding hydrogens is 232 g/mol. The molecule has 0 spiro atoms. The highest BCUT2D eigenvalue weighted by Gasteiger charge is 2.04. The zero-order valence-corrected chi connectivity index (χ0v) is 9.76. The largest absolute Gasteiger partial charge is 0.399 e. The topological polar surface area (TPSA) is 110 Å². The summed E-state index contributed by atoms with van der Waals surface area (Å²) in [5, 5.41) is 15.9. The van der Waals surface area contributed by atoms with Gasteiger partial charge in [-0.15, -0.1) is 10.2 Å². The summed E-state index contributed by atoms with van der Waals surface area (Å²) < 4.78 is 0. The van der Waals surface area contributed by atoms with Gasteiger partial charge in [-0.2, -0.15) is 5.21 Å². The molecule has 2 rings (SSSR count). The van der Waals surface area contributed by atoms with E-state index in [4.69, 9.17) is 5.73 Å². The number of rotatable bonds is 5. The van der Waals surface area contributed by atoms with Crippen molar-refractivity contribution in [1.29, 1.82) is 0 Å². The molecule has 18 heavy (non-hydrogen) atoms. The lowest BCUT2D eigenvalue weighted by Crippen LogP contribution is -2.23. The highest BCUT2D eigenvalue weighted by molar-refractivity contribution is 5.76. The first-order valence-corrected chi connectivity index (χ1v) is 5.57. The Hall–Kier alpha value is -2.44. The first-order chi connectivity index (χ1) is 8.74. The van der Waals surface area contributed by atoms with Crippen LogP contribution in [0.2, 0.25) is 0 Å². The van der Waals surface area contributed by atoms with Crippen molar-refractivity contribution >= 4 is 11.6 Å². The van der Waals surface area contributed by atoms with Gasteiger partial charge in [-0.1, -0.05) is 17.3 Å².